The van der Waals surface area contributed by atoms with Crippen LogP contribution in [0.2, 0.25) is 0 Å². The lowest BCUT2D eigenvalue weighted by Crippen LogP contribution is -2.63. The van der Waals surface area contributed by atoms with Gasteiger partial charge in [0.2, 0.25) is 0 Å². The molecule has 0 aromatic carbocycles. The first kappa shape index (κ1) is 18.9. The molecule has 0 N–H and O–H groups in total. The Morgan fingerprint density at radius 3 is 2.44 bits per heavy atom. The van der Waals surface area contributed by atoms with Gasteiger partial charge in [0.25, 0.3) is 0 Å². The second-order valence-corrected chi connectivity index (χ2v) is 9.91. The number of ether oxygens (including phenoxy) is 2. The van der Waals surface area contributed by atoms with Crippen molar-refractivity contribution in [2.45, 2.75) is 90.8 Å². The molecule has 3 heteroatoms. The quantitative estimate of drug-likeness (QED) is 0.514. The molecule has 3 fully saturated rings. The molecule has 0 aromatic heterocycles. The van der Waals surface area contributed by atoms with E-state index in [1.54, 1.807) is 0 Å². The van der Waals surface area contributed by atoms with E-state index in [1.165, 1.54) is 26.2 Å². The van der Waals surface area contributed by atoms with Gasteiger partial charge in [0.1, 0.15) is 0 Å². The zero-order chi connectivity index (χ0) is 18.5. The minimum Gasteiger partial charge on any atom is -0.465 e. The molecule has 0 aromatic rings. The number of esters is 1. The van der Waals surface area contributed by atoms with E-state index in [9.17, 15) is 4.79 Å². The van der Waals surface area contributed by atoms with Crippen molar-refractivity contribution < 1.29 is 14.3 Å². The highest BCUT2D eigenvalue weighted by Crippen LogP contribution is 2.65. The summed E-state index contributed by atoms with van der Waals surface area (Å²) in [4.78, 5) is 11.4. The molecular weight excluding hydrogens is 312 g/mol. The molecular formula is C22H36O3. The van der Waals surface area contributed by atoms with Crippen LogP contribution in [0.5, 0.6) is 0 Å². The fraction of sp³-hybridized carbons (Fsp3) is 0.864. The Balaban J connectivity index is 1.88. The molecule has 0 radical (unpaired) electrons. The molecule has 1 saturated heterocycles. The Bertz CT molecular complexity index is 557. The van der Waals surface area contributed by atoms with E-state index in [2.05, 4.69) is 34.3 Å². The molecule has 1 heterocycles. The van der Waals surface area contributed by atoms with E-state index >= 15 is 0 Å². The number of carbonyl (C=O) groups excluding carboxylic acids is 1. The molecule has 142 valence electrons. The molecule has 6 unspecified atom stereocenters. The summed E-state index contributed by atoms with van der Waals surface area (Å²) in [6.07, 6.45) is 10.2. The van der Waals surface area contributed by atoms with Gasteiger partial charge in [-0.2, -0.15) is 0 Å². The van der Waals surface area contributed by atoms with Crippen molar-refractivity contribution >= 4 is 5.97 Å². The standard InChI is InChI=1S/C22H36O3/c1-7-20(4)13-9-18-21(5)12-8-11-19(3,15-24-16(2)23)17(21)10-14-22(18,6)25-20/h7,17-18H,1,8-15H2,2-6H3. The molecule has 0 amide bonds. The van der Waals surface area contributed by atoms with E-state index in [-0.39, 0.29) is 28.0 Å². The smallest absolute Gasteiger partial charge is 0.302 e. The van der Waals surface area contributed by atoms with E-state index in [4.69, 9.17) is 9.47 Å². The van der Waals surface area contributed by atoms with Crippen LogP contribution in [-0.4, -0.2) is 23.8 Å². The van der Waals surface area contributed by atoms with Gasteiger partial charge in [-0.25, -0.2) is 0 Å². The third-order valence-electron chi connectivity index (χ3n) is 8.00. The zero-order valence-corrected chi connectivity index (χ0v) is 16.8. The van der Waals surface area contributed by atoms with Crippen LogP contribution in [0, 0.1) is 22.7 Å². The monoisotopic (exact) mass is 348 g/mol. The molecule has 0 spiro atoms. The lowest BCUT2D eigenvalue weighted by atomic mass is 9.44. The molecule has 2 aliphatic carbocycles. The fourth-order valence-electron chi connectivity index (χ4n) is 6.77. The highest BCUT2D eigenvalue weighted by atomic mass is 16.5. The minimum atomic E-state index is -0.190. The summed E-state index contributed by atoms with van der Waals surface area (Å²) >= 11 is 0. The number of rotatable bonds is 3. The zero-order valence-electron chi connectivity index (χ0n) is 16.8. The Hall–Kier alpha value is -0.830. The van der Waals surface area contributed by atoms with Gasteiger partial charge in [-0.1, -0.05) is 26.3 Å². The second kappa shape index (κ2) is 6.11. The van der Waals surface area contributed by atoms with Crippen molar-refractivity contribution in [1.29, 1.82) is 0 Å². The molecule has 6 atom stereocenters. The Labute approximate surface area is 153 Å². The van der Waals surface area contributed by atoms with Gasteiger partial charge in [0.05, 0.1) is 17.8 Å². The Morgan fingerprint density at radius 2 is 1.80 bits per heavy atom. The molecule has 0 bridgehead atoms. The van der Waals surface area contributed by atoms with Crippen molar-refractivity contribution in [2.75, 3.05) is 6.61 Å². The van der Waals surface area contributed by atoms with Crippen LogP contribution in [0.1, 0.15) is 79.6 Å². The van der Waals surface area contributed by atoms with Crippen LogP contribution in [0.4, 0.5) is 0 Å². The van der Waals surface area contributed by atoms with Crippen LogP contribution >= 0.6 is 0 Å². The van der Waals surface area contributed by atoms with Gasteiger partial charge in [0.15, 0.2) is 0 Å². The van der Waals surface area contributed by atoms with Crippen LogP contribution in [0.3, 0.4) is 0 Å². The highest BCUT2D eigenvalue weighted by molar-refractivity contribution is 5.65. The largest absolute Gasteiger partial charge is 0.465 e. The van der Waals surface area contributed by atoms with Crippen molar-refractivity contribution in [1.82, 2.24) is 0 Å². The van der Waals surface area contributed by atoms with Crippen LogP contribution in [0.15, 0.2) is 12.7 Å². The summed E-state index contributed by atoms with van der Waals surface area (Å²) in [7, 11) is 0. The fourth-order valence-corrected chi connectivity index (χ4v) is 6.77. The van der Waals surface area contributed by atoms with Crippen molar-refractivity contribution in [3.63, 3.8) is 0 Å². The summed E-state index contributed by atoms with van der Waals surface area (Å²) in [6.45, 7) is 15.5. The van der Waals surface area contributed by atoms with Gasteiger partial charge in [-0.15, -0.1) is 6.58 Å². The van der Waals surface area contributed by atoms with Gasteiger partial charge in [-0.3, -0.25) is 4.79 Å². The van der Waals surface area contributed by atoms with Crippen LogP contribution < -0.4 is 0 Å². The van der Waals surface area contributed by atoms with Crippen molar-refractivity contribution in [2.24, 2.45) is 22.7 Å². The maximum atomic E-state index is 11.4. The highest BCUT2D eigenvalue weighted by Gasteiger charge is 2.62. The number of carbonyl (C=O) groups is 1. The average Bonchev–Trinajstić information content (AvgIpc) is 2.52. The van der Waals surface area contributed by atoms with Crippen LogP contribution in [-0.2, 0) is 14.3 Å². The maximum absolute atomic E-state index is 11.4. The second-order valence-electron chi connectivity index (χ2n) is 9.91. The first-order chi connectivity index (χ1) is 11.6. The van der Waals surface area contributed by atoms with E-state index in [0.717, 1.165) is 25.7 Å². The Kier molecular flexibility index (Phi) is 4.63. The number of hydrogen-bond acceptors (Lipinski definition) is 3. The summed E-state index contributed by atoms with van der Waals surface area (Å²) in [6, 6.07) is 0. The number of fused-ring (bicyclic) bond motifs is 3. The Morgan fingerprint density at radius 1 is 1.12 bits per heavy atom. The minimum absolute atomic E-state index is 0.0634. The van der Waals surface area contributed by atoms with E-state index in [0.29, 0.717) is 18.4 Å². The summed E-state index contributed by atoms with van der Waals surface area (Å²) < 4.78 is 12.2. The third-order valence-corrected chi connectivity index (χ3v) is 8.00. The van der Waals surface area contributed by atoms with Crippen molar-refractivity contribution in [3.8, 4) is 0 Å². The molecule has 25 heavy (non-hydrogen) atoms. The summed E-state index contributed by atoms with van der Waals surface area (Å²) in [5.74, 6) is 1.02. The van der Waals surface area contributed by atoms with E-state index in [1.807, 2.05) is 6.08 Å². The predicted molar refractivity (Wildman–Crippen MR) is 100 cm³/mol. The van der Waals surface area contributed by atoms with Crippen LogP contribution in [0.25, 0.3) is 0 Å². The predicted octanol–water partition coefficient (Wildman–Crippen LogP) is 5.29. The summed E-state index contributed by atoms with van der Waals surface area (Å²) in [5.41, 5.74) is 0.109. The maximum Gasteiger partial charge on any atom is 0.302 e. The van der Waals surface area contributed by atoms with Gasteiger partial charge in [0, 0.05) is 12.3 Å². The molecule has 3 aliphatic rings. The lowest BCUT2D eigenvalue weighted by molar-refractivity contribution is -0.256. The van der Waals surface area contributed by atoms with Gasteiger partial charge >= 0.3 is 5.97 Å². The molecule has 3 rings (SSSR count). The topological polar surface area (TPSA) is 35.5 Å². The number of hydrogen-bond donors (Lipinski definition) is 0. The first-order valence-corrected chi connectivity index (χ1v) is 10.0. The first-order valence-electron chi connectivity index (χ1n) is 10.0. The third kappa shape index (κ3) is 3.07. The van der Waals surface area contributed by atoms with Gasteiger partial charge in [-0.05, 0) is 69.6 Å². The SMILES string of the molecule is C=CC1(C)CCC2C(C)(CCC3C(C)(COC(C)=O)CCCC32C)O1. The normalized spacial score (nSPS) is 49.6. The van der Waals surface area contributed by atoms with Gasteiger partial charge < -0.3 is 9.47 Å². The van der Waals surface area contributed by atoms with Crippen molar-refractivity contribution in [3.05, 3.63) is 12.7 Å². The average molecular weight is 349 g/mol. The molecule has 1 aliphatic heterocycles. The van der Waals surface area contributed by atoms with E-state index < -0.39 is 0 Å². The lowest BCUT2D eigenvalue weighted by Gasteiger charge is -2.65. The summed E-state index contributed by atoms with van der Waals surface area (Å²) in [5, 5.41) is 0. The molecule has 3 nitrogen and oxygen atoms in total. The molecule has 2 saturated carbocycles.